The fourth-order valence-electron chi connectivity index (χ4n) is 1.87. The fraction of sp³-hybridized carbons (Fsp3) is 0.600. The Kier molecular flexibility index (Phi) is 7.26. The molecule has 1 rings (SSSR count). The molecule has 0 heterocycles. The van der Waals surface area contributed by atoms with Gasteiger partial charge in [0.15, 0.2) is 0 Å². The fourth-order valence-corrected chi connectivity index (χ4v) is 1.87. The topological polar surface area (TPSA) is 44.5 Å². The lowest BCUT2D eigenvalue weighted by Crippen LogP contribution is -1.99. The molecule has 18 heavy (non-hydrogen) atoms. The molecule has 0 atom stereocenters. The van der Waals surface area contributed by atoms with Crippen LogP contribution in [0.15, 0.2) is 18.2 Å². The summed E-state index contributed by atoms with van der Waals surface area (Å²) in [5.74, 6) is 0.806. The minimum absolute atomic E-state index is 0.594. The lowest BCUT2D eigenvalue weighted by molar-refractivity contribution is 0.115. The largest absolute Gasteiger partial charge is 0.496 e. The first-order valence-corrected chi connectivity index (χ1v) is 6.78. The van der Waals surface area contributed by atoms with Gasteiger partial charge in [-0.3, -0.25) is 0 Å². The molecule has 1 aromatic carbocycles. The second kappa shape index (κ2) is 8.81. The molecule has 0 saturated heterocycles. The van der Waals surface area contributed by atoms with Gasteiger partial charge in [0, 0.05) is 23.9 Å². The van der Waals surface area contributed by atoms with E-state index in [4.69, 9.17) is 15.2 Å². The second-order valence-electron chi connectivity index (χ2n) is 4.54. The number of rotatable bonds is 9. The third-order valence-corrected chi connectivity index (χ3v) is 2.96. The summed E-state index contributed by atoms with van der Waals surface area (Å²) < 4.78 is 10.9. The molecule has 0 spiro atoms. The maximum atomic E-state index is 5.71. The Balaban J connectivity index is 2.22. The second-order valence-corrected chi connectivity index (χ2v) is 4.54. The Morgan fingerprint density at radius 1 is 1.11 bits per heavy atom. The summed E-state index contributed by atoms with van der Waals surface area (Å²) in [5, 5.41) is 0. The summed E-state index contributed by atoms with van der Waals surface area (Å²) in [6.07, 6.45) is 6.31. The van der Waals surface area contributed by atoms with Crippen molar-refractivity contribution >= 4 is 5.69 Å². The normalized spacial score (nSPS) is 10.6. The molecule has 2 N–H and O–H groups in total. The van der Waals surface area contributed by atoms with Gasteiger partial charge in [-0.05, 0) is 12.5 Å². The van der Waals surface area contributed by atoms with E-state index >= 15 is 0 Å². The molecule has 0 aliphatic rings. The van der Waals surface area contributed by atoms with E-state index in [9.17, 15) is 0 Å². The van der Waals surface area contributed by atoms with E-state index in [1.807, 2.05) is 18.2 Å². The number of anilines is 1. The van der Waals surface area contributed by atoms with Crippen LogP contribution in [-0.4, -0.2) is 13.7 Å². The minimum Gasteiger partial charge on any atom is -0.496 e. The van der Waals surface area contributed by atoms with Crippen molar-refractivity contribution in [3.63, 3.8) is 0 Å². The van der Waals surface area contributed by atoms with Crippen molar-refractivity contribution in [3.05, 3.63) is 23.8 Å². The maximum absolute atomic E-state index is 5.71. The predicted molar refractivity (Wildman–Crippen MR) is 75.8 cm³/mol. The highest BCUT2D eigenvalue weighted by Crippen LogP contribution is 2.22. The average Bonchev–Trinajstić information content (AvgIpc) is 2.39. The molecule has 0 bridgehead atoms. The van der Waals surface area contributed by atoms with Gasteiger partial charge in [0.05, 0.1) is 13.7 Å². The van der Waals surface area contributed by atoms with Gasteiger partial charge in [0.25, 0.3) is 0 Å². The zero-order valence-corrected chi connectivity index (χ0v) is 11.6. The Labute approximate surface area is 110 Å². The van der Waals surface area contributed by atoms with Crippen molar-refractivity contribution < 1.29 is 9.47 Å². The monoisotopic (exact) mass is 251 g/mol. The zero-order valence-electron chi connectivity index (χ0n) is 11.6. The molecule has 0 aliphatic heterocycles. The van der Waals surface area contributed by atoms with Gasteiger partial charge < -0.3 is 15.2 Å². The van der Waals surface area contributed by atoms with Crippen LogP contribution in [-0.2, 0) is 11.3 Å². The lowest BCUT2D eigenvalue weighted by atomic mass is 10.1. The van der Waals surface area contributed by atoms with Crippen molar-refractivity contribution in [2.45, 2.75) is 45.6 Å². The highest BCUT2D eigenvalue weighted by atomic mass is 16.5. The maximum Gasteiger partial charge on any atom is 0.126 e. The zero-order chi connectivity index (χ0) is 13.2. The van der Waals surface area contributed by atoms with Crippen LogP contribution in [0.3, 0.4) is 0 Å². The molecule has 1 aromatic rings. The Morgan fingerprint density at radius 2 is 1.89 bits per heavy atom. The molecule has 0 fully saturated rings. The predicted octanol–water partition coefficient (Wildman–Crippen LogP) is 3.76. The van der Waals surface area contributed by atoms with E-state index in [0.29, 0.717) is 6.61 Å². The van der Waals surface area contributed by atoms with Crippen LogP contribution in [0.4, 0.5) is 5.69 Å². The van der Waals surface area contributed by atoms with Crippen molar-refractivity contribution in [3.8, 4) is 5.75 Å². The molecule has 3 heteroatoms. The molecule has 3 nitrogen and oxygen atoms in total. The Morgan fingerprint density at radius 3 is 2.61 bits per heavy atom. The van der Waals surface area contributed by atoms with Crippen LogP contribution in [0.2, 0.25) is 0 Å². The number of hydrogen-bond acceptors (Lipinski definition) is 3. The lowest BCUT2D eigenvalue weighted by Gasteiger charge is -2.10. The van der Waals surface area contributed by atoms with Gasteiger partial charge in [-0.2, -0.15) is 0 Å². The van der Waals surface area contributed by atoms with Crippen LogP contribution >= 0.6 is 0 Å². The van der Waals surface area contributed by atoms with Gasteiger partial charge in [0.2, 0.25) is 0 Å². The quantitative estimate of drug-likeness (QED) is 0.537. The smallest absolute Gasteiger partial charge is 0.126 e. The van der Waals surface area contributed by atoms with E-state index < -0.39 is 0 Å². The molecule has 0 saturated carbocycles. The van der Waals surface area contributed by atoms with Crippen molar-refractivity contribution in [2.75, 3.05) is 19.5 Å². The number of benzene rings is 1. The van der Waals surface area contributed by atoms with Crippen LogP contribution < -0.4 is 10.5 Å². The Hall–Kier alpha value is -1.22. The van der Waals surface area contributed by atoms with E-state index in [2.05, 4.69) is 6.92 Å². The minimum atomic E-state index is 0.594. The van der Waals surface area contributed by atoms with Crippen LogP contribution in [0.1, 0.15) is 44.6 Å². The standard InChI is InChI=1S/C15H25NO2/c1-3-4-5-6-7-10-18-12-13-8-9-14(16)11-15(13)17-2/h8-9,11H,3-7,10,12,16H2,1-2H3. The first-order valence-electron chi connectivity index (χ1n) is 6.78. The van der Waals surface area contributed by atoms with Crippen molar-refractivity contribution in [1.29, 1.82) is 0 Å². The molecular formula is C15H25NO2. The number of hydrogen-bond donors (Lipinski definition) is 1. The SMILES string of the molecule is CCCCCCCOCc1ccc(N)cc1OC. The number of unbranched alkanes of at least 4 members (excludes halogenated alkanes) is 4. The van der Waals surface area contributed by atoms with E-state index in [0.717, 1.165) is 30.0 Å². The summed E-state index contributed by atoms with van der Waals surface area (Å²) in [6.45, 7) is 3.64. The van der Waals surface area contributed by atoms with E-state index in [1.165, 1.54) is 25.7 Å². The van der Waals surface area contributed by atoms with Gasteiger partial charge in [0.1, 0.15) is 5.75 Å². The summed E-state index contributed by atoms with van der Waals surface area (Å²) in [6, 6.07) is 5.67. The highest BCUT2D eigenvalue weighted by Gasteiger charge is 2.03. The number of nitrogen functional groups attached to an aromatic ring is 1. The molecule has 0 amide bonds. The molecule has 0 aliphatic carbocycles. The van der Waals surface area contributed by atoms with Gasteiger partial charge in [-0.25, -0.2) is 0 Å². The third-order valence-electron chi connectivity index (χ3n) is 2.96. The summed E-state index contributed by atoms with van der Waals surface area (Å²) >= 11 is 0. The molecule has 102 valence electrons. The molecular weight excluding hydrogens is 226 g/mol. The third kappa shape index (κ3) is 5.41. The molecule has 0 radical (unpaired) electrons. The molecule has 0 unspecified atom stereocenters. The van der Waals surface area contributed by atoms with E-state index in [-0.39, 0.29) is 0 Å². The first-order chi connectivity index (χ1) is 8.77. The summed E-state index contributed by atoms with van der Waals surface area (Å²) in [4.78, 5) is 0. The molecule has 0 aromatic heterocycles. The van der Waals surface area contributed by atoms with Crippen molar-refractivity contribution in [1.82, 2.24) is 0 Å². The van der Waals surface area contributed by atoms with Gasteiger partial charge in [-0.1, -0.05) is 38.7 Å². The number of ether oxygens (including phenoxy) is 2. The Bertz CT molecular complexity index is 339. The van der Waals surface area contributed by atoms with Gasteiger partial charge in [-0.15, -0.1) is 0 Å². The van der Waals surface area contributed by atoms with Crippen LogP contribution in [0.5, 0.6) is 5.75 Å². The highest BCUT2D eigenvalue weighted by molar-refractivity contribution is 5.48. The number of methoxy groups -OCH3 is 1. The van der Waals surface area contributed by atoms with Crippen LogP contribution in [0.25, 0.3) is 0 Å². The summed E-state index contributed by atoms with van der Waals surface area (Å²) in [7, 11) is 1.66. The van der Waals surface area contributed by atoms with Crippen molar-refractivity contribution in [2.24, 2.45) is 0 Å². The van der Waals surface area contributed by atoms with Crippen LogP contribution in [0, 0.1) is 0 Å². The first kappa shape index (κ1) is 14.8. The summed E-state index contributed by atoms with van der Waals surface area (Å²) in [5.41, 5.74) is 7.48. The number of nitrogens with two attached hydrogens (primary N) is 1. The van der Waals surface area contributed by atoms with Gasteiger partial charge >= 0.3 is 0 Å². The average molecular weight is 251 g/mol. The van der Waals surface area contributed by atoms with E-state index in [1.54, 1.807) is 7.11 Å².